The molecule has 0 atom stereocenters. The van der Waals surface area contributed by atoms with Crippen LogP contribution in [-0.2, 0) is 10.0 Å². The minimum absolute atomic E-state index is 0.0166. The van der Waals surface area contributed by atoms with Gasteiger partial charge >= 0.3 is 6.01 Å². The third-order valence-electron chi connectivity index (χ3n) is 4.86. The van der Waals surface area contributed by atoms with Gasteiger partial charge in [0.05, 0.1) is 22.7 Å². The maximum atomic E-state index is 12.5. The molecule has 6 nitrogen and oxygen atoms in total. The van der Waals surface area contributed by atoms with E-state index < -0.39 is 10.0 Å². The van der Waals surface area contributed by atoms with E-state index in [0.29, 0.717) is 11.0 Å². The van der Waals surface area contributed by atoms with Crippen LogP contribution in [0.5, 0.6) is 6.01 Å². The summed E-state index contributed by atoms with van der Waals surface area (Å²) in [5.41, 5.74) is 0. The van der Waals surface area contributed by atoms with Crippen LogP contribution in [0, 0.1) is 0 Å². The third-order valence-corrected chi connectivity index (χ3v) is 7.07. The highest BCUT2D eigenvalue weighted by Crippen LogP contribution is 2.26. The Bertz CT molecular complexity index is 624. The second-order valence-corrected chi connectivity index (χ2v) is 9.13. The van der Waals surface area contributed by atoms with Gasteiger partial charge in [-0.1, -0.05) is 30.9 Å². The fraction of sp³-hybridized carbons (Fsp3) is 0.750. The highest BCUT2D eigenvalue weighted by Gasteiger charge is 2.31. The predicted octanol–water partition coefficient (Wildman–Crippen LogP) is 3.07. The number of aromatic nitrogens is 2. The maximum absolute atomic E-state index is 12.5. The van der Waals surface area contributed by atoms with E-state index >= 15 is 0 Å². The van der Waals surface area contributed by atoms with Crippen molar-refractivity contribution in [3.63, 3.8) is 0 Å². The van der Waals surface area contributed by atoms with Gasteiger partial charge in [0.15, 0.2) is 0 Å². The zero-order chi connectivity index (χ0) is 17.0. The molecule has 0 aromatic carbocycles. The molecular formula is C16H24ClN3O3S. The molecule has 2 saturated carbocycles. The lowest BCUT2D eigenvalue weighted by atomic mass is 9.94. The van der Waals surface area contributed by atoms with Crippen molar-refractivity contribution in [1.29, 1.82) is 0 Å². The molecule has 0 amide bonds. The van der Waals surface area contributed by atoms with Crippen LogP contribution < -0.4 is 9.46 Å². The summed E-state index contributed by atoms with van der Waals surface area (Å²) in [6.45, 7) is 0. The highest BCUT2D eigenvalue weighted by atomic mass is 35.5. The summed E-state index contributed by atoms with van der Waals surface area (Å²) in [7, 11) is -3.19. The first-order chi connectivity index (χ1) is 11.5. The van der Waals surface area contributed by atoms with E-state index in [1.165, 1.54) is 12.4 Å². The minimum Gasteiger partial charge on any atom is -0.460 e. The lowest BCUT2D eigenvalue weighted by molar-refractivity contribution is 0.132. The number of halogens is 1. The molecule has 0 radical (unpaired) electrons. The van der Waals surface area contributed by atoms with Crippen LogP contribution in [0.2, 0.25) is 5.02 Å². The number of nitrogens with zero attached hydrogens (tertiary/aromatic N) is 2. The highest BCUT2D eigenvalue weighted by molar-refractivity contribution is 7.90. The topological polar surface area (TPSA) is 81.2 Å². The molecule has 0 saturated heterocycles. The Hall–Kier alpha value is -0.920. The molecule has 0 bridgehead atoms. The molecule has 0 aliphatic heterocycles. The SMILES string of the molecule is O=S(=O)(NC1CCC(Oc2ncc(Cl)cn2)CC1)C1CCCCC1. The van der Waals surface area contributed by atoms with E-state index in [0.717, 1.165) is 57.8 Å². The molecule has 2 aliphatic carbocycles. The molecule has 0 unspecified atom stereocenters. The van der Waals surface area contributed by atoms with Crippen LogP contribution in [-0.4, -0.2) is 35.8 Å². The van der Waals surface area contributed by atoms with E-state index in [9.17, 15) is 8.42 Å². The molecule has 1 aromatic heterocycles. The second kappa shape index (κ2) is 7.97. The fourth-order valence-corrected chi connectivity index (χ4v) is 5.46. The van der Waals surface area contributed by atoms with Crippen LogP contribution in [0.1, 0.15) is 57.8 Å². The van der Waals surface area contributed by atoms with Gasteiger partial charge in [-0.3, -0.25) is 0 Å². The quantitative estimate of drug-likeness (QED) is 0.857. The van der Waals surface area contributed by atoms with Crippen molar-refractivity contribution in [3.05, 3.63) is 17.4 Å². The third kappa shape index (κ3) is 4.80. The van der Waals surface area contributed by atoms with E-state index in [-0.39, 0.29) is 17.4 Å². The molecule has 24 heavy (non-hydrogen) atoms. The molecule has 1 N–H and O–H groups in total. The van der Waals surface area contributed by atoms with Gasteiger partial charge in [-0.25, -0.2) is 23.1 Å². The number of hydrogen-bond donors (Lipinski definition) is 1. The van der Waals surface area contributed by atoms with Crippen molar-refractivity contribution in [3.8, 4) is 6.01 Å². The number of nitrogens with one attached hydrogen (secondary N) is 1. The van der Waals surface area contributed by atoms with Gasteiger partial charge < -0.3 is 4.74 Å². The molecule has 134 valence electrons. The van der Waals surface area contributed by atoms with Crippen LogP contribution >= 0.6 is 11.6 Å². The number of sulfonamides is 1. The van der Waals surface area contributed by atoms with Gasteiger partial charge in [-0.05, 0) is 38.5 Å². The summed E-state index contributed by atoms with van der Waals surface area (Å²) in [4.78, 5) is 8.07. The van der Waals surface area contributed by atoms with Gasteiger partial charge in [-0.2, -0.15) is 0 Å². The Morgan fingerprint density at radius 3 is 2.25 bits per heavy atom. The number of ether oxygens (including phenoxy) is 1. The maximum Gasteiger partial charge on any atom is 0.316 e. The summed E-state index contributed by atoms with van der Waals surface area (Å²) in [5.74, 6) is 0. The van der Waals surface area contributed by atoms with Gasteiger partial charge in [0.2, 0.25) is 10.0 Å². The average molecular weight is 374 g/mol. The molecule has 8 heteroatoms. The summed E-state index contributed by atoms with van der Waals surface area (Å²) >= 11 is 5.75. The van der Waals surface area contributed by atoms with E-state index in [1.807, 2.05) is 0 Å². The van der Waals surface area contributed by atoms with E-state index in [2.05, 4.69) is 14.7 Å². The monoisotopic (exact) mass is 373 g/mol. The number of hydrogen-bond acceptors (Lipinski definition) is 5. The van der Waals surface area contributed by atoms with E-state index in [4.69, 9.17) is 16.3 Å². The lowest BCUT2D eigenvalue weighted by Crippen LogP contribution is -2.44. The molecular weight excluding hydrogens is 350 g/mol. The number of rotatable bonds is 5. The van der Waals surface area contributed by atoms with Crippen LogP contribution in [0.4, 0.5) is 0 Å². The normalized spacial score (nSPS) is 26.2. The first kappa shape index (κ1) is 17.9. The summed E-state index contributed by atoms with van der Waals surface area (Å²) in [6.07, 6.45) is 11.0. The summed E-state index contributed by atoms with van der Waals surface area (Å²) in [6, 6.07) is 0.341. The zero-order valence-corrected chi connectivity index (χ0v) is 15.2. The van der Waals surface area contributed by atoms with Crippen LogP contribution in [0.25, 0.3) is 0 Å². The second-order valence-electron chi connectivity index (χ2n) is 6.70. The standard InChI is InChI=1S/C16H24ClN3O3S/c17-12-10-18-16(19-11-12)23-14-8-6-13(7-9-14)20-24(21,22)15-4-2-1-3-5-15/h10-11,13-15,20H,1-9H2. The van der Waals surface area contributed by atoms with Crippen LogP contribution in [0.15, 0.2) is 12.4 Å². The summed E-state index contributed by atoms with van der Waals surface area (Å²) in [5, 5.41) is 0.269. The van der Waals surface area contributed by atoms with Gasteiger partial charge in [-0.15, -0.1) is 0 Å². The molecule has 1 heterocycles. The molecule has 1 aromatic rings. The Labute approximate surface area is 148 Å². The first-order valence-corrected chi connectivity index (χ1v) is 10.6. The predicted molar refractivity (Wildman–Crippen MR) is 92.6 cm³/mol. The first-order valence-electron chi connectivity index (χ1n) is 8.68. The minimum atomic E-state index is -3.19. The Kier molecular flexibility index (Phi) is 5.94. The Balaban J connectivity index is 1.47. The smallest absolute Gasteiger partial charge is 0.316 e. The van der Waals surface area contributed by atoms with Crippen molar-refractivity contribution in [2.45, 2.75) is 75.2 Å². The lowest BCUT2D eigenvalue weighted by Gasteiger charge is -2.30. The van der Waals surface area contributed by atoms with Crippen molar-refractivity contribution >= 4 is 21.6 Å². The van der Waals surface area contributed by atoms with E-state index in [1.54, 1.807) is 0 Å². The molecule has 3 rings (SSSR count). The summed E-state index contributed by atoms with van der Waals surface area (Å²) < 4.78 is 33.6. The van der Waals surface area contributed by atoms with Crippen molar-refractivity contribution in [2.75, 3.05) is 0 Å². The van der Waals surface area contributed by atoms with Crippen molar-refractivity contribution < 1.29 is 13.2 Å². The van der Waals surface area contributed by atoms with Crippen molar-refractivity contribution in [1.82, 2.24) is 14.7 Å². The average Bonchev–Trinajstić information content (AvgIpc) is 2.59. The Morgan fingerprint density at radius 2 is 1.62 bits per heavy atom. The Morgan fingerprint density at radius 1 is 1.00 bits per heavy atom. The molecule has 0 spiro atoms. The molecule has 2 fully saturated rings. The van der Waals surface area contributed by atoms with Gasteiger partial charge in [0.25, 0.3) is 0 Å². The van der Waals surface area contributed by atoms with Crippen LogP contribution in [0.3, 0.4) is 0 Å². The van der Waals surface area contributed by atoms with Gasteiger partial charge in [0, 0.05) is 6.04 Å². The van der Waals surface area contributed by atoms with Gasteiger partial charge in [0.1, 0.15) is 6.10 Å². The largest absolute Gasteiger partial charge is 0.460 e. The van der Waals surface area contributed by atoms with Crippen molar-refractivity contribution in [2.24, 2.45) is 0 Å². The molecule has 2 aliphatic rings. The zero-order valence-electron chi connectivity index (χ0n) is 13.7. The fourth-order valence-electron chi connectivity index (χ4n) is 3.51.